The van der Waals surface area contributed by atoms with Crippen LogP contribution >= 0.6 is 0 Å². The fourth-order valence-electron chi connectivity index (χ4n) is 4.01. The van der Waals surface area contributed by atoms with Gasteiger partial charge in [-0.15, -0.1) is 0 Å². The second-order valence-electron chi connectivity index (χ2n) is 8.75. The van der Waals surface area contributed by atoms with E-state index in [4.69, 9.17) is 0 Å². The lowest BCUT2D eigenvalue weighted by Gasteiger charge is -2.17. The zero-order valence-electron chi connectivity index (χ0n) is 15.6. The van der Waals surface area contributed by atoms with Crippen molar-refractivity contribution in [3.8, 4) is 0 Å². The number of hydrogen-bond donors (Lipinski definition) is 1. The Morgan fingerprint density at radius 2 is 1.71 bits per heavy atom. The second kappa shape index (κ2) is 6.54. The number of aliphatic carboxylic acids is 1. The van der Waals surface area contributed by atoms with Crippen LogP contribution in [0.15, 0.2) is 12.1 Å². The fraction of sp³-hybridized carbons (Fsp3) is 0.682. The van der Waals surface area contributed by atoms with Crippen LogP contribution in [0, 0.1) is 24.7 Å². The molecule has 0 bridgehead atoms. The summed E-state index contributed by atoms with van der Waals surface area (Å²) in [5.41, 5.74) is 6.05. The number of rotatable bonds is 9. The predicted octanol–water partition coefficient (Wildman–Crippen LogP) is 5.61. The Morgan fingerprint density at radius 1 is 1.04 bits per heavy atom. The van der Waals surface area contributed by atoms with E-state index < -0.39 is 5.97 Å². The molecule has 2 fully saturated rings. The highest BCUT2D eigenvalue weighted by molar-refractivity contribution is 5.77. The molecular formula is C22H32O2. The Bertz CT molecular complexity index is 621. The molecule has 2 saturated carbocycles. The van der Waals surface area contributed by atoms with Crippen LogP contribution in [0.2, 0.25) is 0 Å². The van der Waals surface area contributed by atoms with E-state index in [1.54, 1.807) is 0 Å². The number of benzene rings is 1. The maximum absolute atomic E-state index is 11.4. The highest BCUT2D eigenvalue weighted by Gasteiger charge is 2.49. The Balaban J connectivity index is 1.61. The van der Waals surface area contributed by atoms with E-state index in [0.717, 1.165) is 32.1 Å². The standard InChI is InChI=1S/C22H32O2/c1-16-8-9-18(6-4-10-21(3)12-13-21)19(17(16)2)7-5-11-22(14-15-22)20(23)24/h8-9H,4-7,10-15H2,1-3H3,(H,23,24). The zero-order valence-corrected chi connectivity index (χ0v) is 15.6. The molecule has 2 aliphatic carbocycles. The minimum absolute atomic E-state index is 0.377. The van der Waals surface area contributed by atoms with Crippen molar-refractivity contribution >= 4 is 5.97 Å². The predicted molar refractivity (Wildman–Crippen MR) is 98.4 cm³/mol. The van der Waals surface area contributed by atoms with Crippen LogP contribution in [0.3, 0.4) is 0 Å². The quantitative estimate of drug-likeness (QED) is 0.639. The van der Waals surface area contributed by atoms with Gasteiger partial charge in [-0.3, -0.25) is 4.79 Å². The van der Waals surface area contributed by atoms with Gasteiger partial charge in [-0.2, -0.15) is 0 Å². The molecule has 1 aromatic carbocycles. The SMILES string of the molecule is Cc1ccc(CCCC2(C)CC2)c(CCCC2(C(=O)O)CC2)c1C. The van der Waals surface area contributed by atoms with Gasteiger partial charge in [-0.25, -0.2) is 0 Å². The van der Waals surface area contributed by atoms with Crippen molar-refractivity contribution in [1.29, 1.82) is 0 Å². The molecule has 132 valence electrons. The van der Waals surface area contributed by atoms with Crippen LogP contribution < -0.4 is 0 Å². The molecule has 24 heavy (non-hydrogen) atoms. The molecule has 0 atom stereocenters. The Kier molecular flexibility index (Phi) is 4.77. The van der Waals surface area contributed by atoms with E-state index in [0.29, 0.717) is 5.41 Å². The summed E-state index contributed by atoms with van der Waals surface area (Å²) in [6, 6.07) is 4.57. The molecular weight excluding hydrogens is 296 g/mol. The monoisotopic (exact) mass is 328 g/mol. The minimum Gasteiger partial charge on any atom is -0.481 e. The first-order chi connectivity index (χ1) is 11.4. The summed E-state index contributed by atoms with van der Waals surface area (Å²) in [7, 11) is 0. The number of aryl methyl sites for hydroxylation is 2. The number of hydrogen-bond acceptors (Lipinski definition) is 1. The van der Waals surface area contributed by atoms with Crippen LogP contribution in [0.5, 0.6) is 0 Å². The first-order valence-corrected chi connectivity index (χ1v) is 9.67. The first-order valence-electron chi connectivity index (χ1n) is 9.67. The van der Waals surface area contributed by atoms with E-state index in [1.807, 2.05) is 0 Å². The molecule has 1 N–H and O–H groups in total. The third kappa shape index (κ3) is 3.84. The summed E-state index contributed by atoms with van der Waals surface area (Å²) in [5, 5.41) is 9.35. The third-order valence-electron chi connectivity index (χ3n) is 6.69. The smallest absolute Gasteiger partial charge is 0.309 e. The molecule has 0 saturated heterocycles. The van der Waals surface area contributed by atoms with Gasteiger partial charge in [0.1, 0.15) is 0 Å². The fourth-order valence-corrected chi connectivity index (χ4v) is 4.01. The molecule has 0 radical (unpaired) electrons. The average molecular weight is 328 g/mol. The normalized spacial score (nSPS) is 20.0. The summed E-state index contributed by atoms with van der Waals surface area (Å²) in [6.45, 7) is 6.84. The van der Waals surface area contributed by atoms with Crippen molar-refractivity contribution in [1.82, 2.24) is 0 Å². The number of carbonyl (C=O) groups is 1. The molecule has 2 aliphatic rings. The molecule has 2 nitrogen and oxygen atoms in total. The number of carboxylic acids is 1. The Labute approximate surface area is 146 Å². The van der Waals surface area contributed by atoms with Gasteiger partial charge < -0.3 is 5.11 Å². The van der Waals surface area contributed by atoms with Crippen LogP contribution in [0.4, 0.5) is 0 Å². The van der Waals surface area contributed by atoms with Crippen LogP contribution in [-0.4, -0.2) is 11.1 Å². The summed E-state index contributed by atoms with van der Waals surface area (Å²) < 4.78 is 0. The van der Waals surface area contributed by atoms with Crippen molar-refractivity contribution < 1.29 is 9.90 Å². The van der Waals surface area contributed by atoms with Gasteiger partial charge in [0.2, 0.25) is 0 Å². The van der Waals surface area contributed by atoms with E-state index in [-0.39, 0.29) is 5.41 Å². The van der Waals surface area contributed by atoms with Gasteiger partial charge >= 0.3 is 5.97 Å². The van der Waals surface area contributed by atoms with Gasteiger partial charge in [0.05, 0.1) is 5.41 Å². The molecule has 1 aromatic rings. The Morgan fingerprint density at radius 3 is 2.29 bits per heavy atom. The first kappa shape index (κ1) is 17.5. The van der Waals surface area contributed by atoms with Crippen molar-refractivity contribution in [3.05, 3.63) is 34.4 Å². The van der Waals surface area contributed by atoms with Crippen molar-refractivity contribution in [2.45, 2.75) is 85.0 Å². The molecule has 0 spiro atoms. The molecule has 0 unspecified atom stereocenters. The summed E-state index contributed by atoms with van der Waals surface area (Å²) >= 11 is 0. The Hall–Kier alpha value is -1.31. The van der Waals surface area contributed by atoms with Crippen LogP contribution in [0.25, 0.3) is 0 Å². The van der Waals surface area contributed by atoms with Crippen LogP contribution in [-0.2, 0) is 17.6 Å². The molecule has 0 amide bonds. The van der Waals surface area contributed by atoms with Crippen molar-refractivity contribution in [2.24, 2.45) is 10.8 Å². The summed E-state index contributed by atoms with van der Waals surface area (Å²) in [5.74, 6) is -0.582. The molecule has 3 rings (SSSR count). The third-order valence-corrected chi connectivity index (χ3v) is 6.69. The maximum Gasteiger partial charge on any atom is 0.309 e. The molecule has 0 heterocycles. The lowest BCUT2D eigenvalue weighted by Crippen LogP contribution is -2.15. The van der Waals surface area contributed by atoms with Crippen LogP contribution in [0.1, 0.15) is 80.5 Å². The van der Waals surface area contributed by atoms with Crippen molar-refractivity contribution in [3.63, 3.8) is 0 Å². The molecule has 0 aromatic heterocycles. The topological polar surface area (TPSA) is 37.3 Å². The minimum atomic E-state index is -0.582. The van der Waals surface area contributed by atoms with Gasteiger partial charge in [-0.1, -0.05) is 19.1 Å². The molecule has 2 heteroatoms. The average Bonchev–Trinajstić information content (AvgIpc) is 3.44. The second-order valence-corrected chi connectivity index (χ2v) is 8.75. The lowest BCUT2D eigenvalue weighted by molar-refractivity contribution is -0.143. The van der Waals surface area contributed by atoms with E-state index in [2.05, 4.69) is 32.9 Å². The van der Waals surface area contributed by atoms with Gasteiger partial charge in [0.25, 0.3) is 0 Å². The number of carboxylic acid groups (broad SMARTS) is 1. The summed E-state index contributed by atoms with van der Waals surface area (Å²) in [6.07, 6.45) is 11.3. The highest BCUT2D eigenvalue weighted by Crippen LogP contribution is 2.50. The largest absolute Gasteiger partial charge is 0.481 e. The summed E-state index contributed by atoms with van der Waals surface area (Å²) in [4.78, 5) is 11.4. The van der Waals surface area contributed by atoms with E-state index in [9.17, 15) is 9.90 Å². The lowest BCUT2D eigenvalue weighted by atomic mass is 9.88. The maximum atomic E-state index is 11.4. The van der Waals surface area contributed by atoms with E-state index >= 15 is 0 Å². The van der Waals surface area contributed by atoms with Gasteiger partial charge in [0, 0.05) is 0 Å². The van der Waals surface area contributed by atoms with Crippen molar-refractivity contribution in [2.75, 3.05) is 0 Å². The molecule has 0 aliphatic heterocycles. The zero-order chi connectivity index (χ0) is 17.4. The van der Waals surface area contributed by atoms with Gasteiger partial charge in [-0.05, 0) is 106 Å². The van der Waals surface area contributed by atoms with Gasteiger partial charge in [0.15, 0.2) is 0 Å². The van der Waals surface area contributed by atoms with E-state index in [1.165, 1.54) is 54.4 Å². The highest BCUT2D eigenvalue weighted by atomic mass is 16.4.